The maximum absolute atomic E-state index is 10.6. The van der Waals surface area contributed by atoms with Crippen LogP contribution in [0.15, 0.2) is 6.07 Å². The fraction of sp³-hybridized carbons (Fsp3) is 0.500. The summed E-state index contributed by atoms with van der Waals surface area (Å²) in [5.74, 6) is -1.03. The van der Waals surface area contributed by atoms with Crippen molar-refractivity contribution in [2.75, 3.05) is 0 Å². The lowest BCUT2D eigenvalue weighted by Gasteiger charge is -2.00. The van der Waals surface area contributed by atoms with Gasteiger partial charge in [-0.05, 0) is 18.9 Å². The van der Waals surface area contributed by atoms with Crippen molar-refractivity contribution in [3.63, 3.8) is 0 Å². The van der Waals surface area contributed by atoms with Crippen LogP contribution in [0.2, 0.25) is 0 Å². The van der Waals surface area contributed by atoms with Gasteiger partial charge in [0.15, 0.2) is 0 Å². The number of rotatable bonds is 2. The first-order chi connectivity index (χ1) is 6.18. The van der Waals surface area contributed by atoms with Crippen LogP contribution in [0.1, 0.15) is 23.9 Å². The molecule has 0 radical (unpaired) electrons. The van der Waals surface area contributed by atoms with E-state index in [0.717, 1.165) is 25.1 Å². The van der Waals surface area contributed by atoms with E-state index in [2.05, 4.69) is 5.10 Å². The number of nitrogens with two attached hydrogens (primary N) is 1. The number of aryl methyl sites for hydroxylation is 2. The molecule has 0 bridgehead atoms. The minimum Gasteiger partial charge on any atom is -0.480 e. The molecular weight excluding hydrogens is 170 g/mol. The van der Waals surface area contributed by atoms with Crippen molar-refractivity contribution >= 4 is 5.97 Å². The summed E-state index contributed by atoms with van der Waals surface area (Å²) in [5, 5.41) is 12.8. The molecule has 1 aromatic heterocycles. The molecule has 13 heavy (non-hydrogen) atoms. The highest BCUT2D eigenvalue weighted by Crippen LogP contribution is 2.18. The van der Waals surface area contributed by atoms with Gasteiger partial charge in [0, 0.05) is 12.2 Å². The maximum Gasteiger partial charge on any atom is 0.326 e. The van der Waals surface area contributed by atoms with Crippen molar-refractivity contribution < 1.29 is 9.90 Å². The highest BCUT2D eigenvalue weighted by Gasteiger charge is 2.21. The average molecular weight is 181 g/mol. The van der Waals surface area contributed by atoms with Crippen LogP contribution in [0, 0.1) is 0 Å². The predicted molar refractivity (Wildman–Crippen MR) is 45.1 cm³/mol. The smallest absolute Gasteiger partial charge is 0.326 e. The number of hydrogen-bond donors (Lipinski definition) is 2. The van der Waals surface area contributed by atoms with Crippen LogP contribution in [0.25, 0.3) is 0 Å². The van der Waals surface area contributed by atoms with Crippen LogP contribution in [0.5, 0.6) is 0 Å². The number of fused-ring (bicyclic) bond motifs is 1. The third-order valence-corrected chi connectivity index (χ3v) is 2.27. The zero-order chi connectivity index (χ0) is 9.42. The highest BCUT2D eigenvalue weighted by atomic mass is 16.4. The van der Waals surface area contributed by atoms with Crippen LogP contribution >= 0.6 is 0 Å². The van der Waals surface area contributed by atoms with Gasteiger partial charge in [0.1, 0.15) is 6.04 Å². The van der Waals surface area contributed by atoms with Gasteiger partial charge in [-0.25, -0.2) is 0 Å². The quantitative estimate of drug-likeness (QED) is 0.668. The SMILES string of the molecule is NC(C(=O)O)c1cc2n(n1)CCC2. The first-order valence-electron chi connectivity index (χ1n) is 4.23. The largest absolute Gasteiger partial charge is 0.480 e. The summed E-state index contributed by atoms with van der Waals surface area (Å²) in [6, 6.07) is 0.796. The minimum absolute atomic E-state index is 0.460. The average Bonchev–Trinajstić information content (AvgIpc) is 2.59. The number of hydrogen-bond acceptors (Lipinski definition) is 3. The van der Waals surface area contributed by atoms with Crippen LogP contribution in [-0.4, -0.2) is 20.9 Å². The van der Waals surface area contributed by atoms with E-state index >= 15 is 0 Å². The first kappa shape index (κ1) is 8.25. The van der Waals surface area contributed by atoms with Gasteiger partial charge in [-0.2, -0.15) is 5.10 Å². The summed E-state index contributed by atoms with van der Waals surface area (Å²) < 4.78 is 1.83. The van der Waals surface area contributed by atoms with Gasteiger partial charge in [0.25, 0.3) is 0 Å². The van der Waals surface area contributed by atoms with E-state index in [1.54, 1.807) is 6.07 Å². The number of aromatic nitrogens is 2. The van der Waals surface area contributed by atoms with E-state index in [0.29, 0.717) is 5.69 Å². The van der Waals surface area contributed by atoms with Crippen LogP contribution in [-0.2, 0) is 17.8 Å². The molecule has 0 aliphatic carbocycles. The second-order valence-electron chi connectivity index (χ2n) is 3.20. The second-order valence-corrected chi connectivity index (χ2v) is 3.20. The molecule has 5 heteroatoms. The number of aliphatic carboxylic acids is 1. The van der Waals surface area contributed by atoms with Gasteiger partial charge in [0.2, 0.25) is 0 Å². The third-order valence-electron chi connectivity index (χ3n) is 2.27. The summed E-state index contributed by atoms with van der Waals surface area (Å²) >= 11 is 0. The van der Waals surface area contributed by atoms with Crippen molar-refractivity contribution in [1.82, 2.24) is 9.78 Å². The molecule has 0 saturated carbocycles. The third kappa shape index (κ3) is 1.31. The molecule has 0 spiro atoms. The monoisotopic (exact) mass is 181 g/mol. The van der Waals surface area contributed by atoms with E-state index in [1.807, 2.05) is 4.68 Å². The lowest BCUT2D eigenvalue weighted by molar-refractivity contribution is -0.138. The Hall–Kier alpha value is -1.36. The second kappa shape index (κ2) is 2.85. The Morgan fingerprint density at radius 1 is 1.77 bits per heavy atom. The summed E-state index contributed by atoms with van der Waals surface area (Å²) in [5.41, 5.74) is 6.97. The highest BCUT2D eigenvalue weighted by molar-refractivity contribution is 5.74. The van der Waals surface area contributed by atoms with E-state index in [1.165, 1.54) is 0 Å². The molecular formula is C8H11N3O2. The van der Waals surface area contributed by atoms with E-state index in [-0.39, 0.29) is 0 Å². The molecule has 2 rings (SSSR count). The molecule has 1 aliphatic heterocycles. The van der Waals surface area contributed by atoms with Crippen molar-refractivity contribution in [1.29, 1.82) is 0 Å². The standard InChI is InChI=1S/C8H11N3O2/c9-7(8(12)13)6-4-5-2-1-3-11(5)10-6/h4,7H,1-3,9H2,(H,12,13). The fourth-order valence-electron chi connectivity index (χ4n) is 1.56. The van der Waals surface area contributed by atoms with Gasteiger partial charge < -0.3 is 10.8 Å². The Morgan fingerprint density at radius 2 is 2.54 bits per heavy atom. The number of carboxylic acid groups (broad SMARTS) is 1. The molecule has 0 fully saturated rings. The fourth-order valence-corrected chi connectivity index (χ4v) is 1.56. The minimum atomic E-state index is -1.03. The van der Waals surface area contributed by atoms with Crippen molar-refractivity contribution in [3.05, 3.63) is 17.5 Å². The van der Waals surface area contributed by atoms with Crippen molar-refractivity contribution in [2.45, 2.75) is 25.4 Å². The lowest BCUT2D eigenvalue weighted by atomic mass is 10.2. The van der Waals surface area contributed by atoms with Gasteiger partial charge in [-0.3, -0.25) is 9.48 Å². The van der Waals surface area contributed by atoms with Gasteiger partial charge >= 0.3 is 5.97 Å². The Labute approximate surface area is 75.2 Å². The van der Waals surface area contributed by atoms with E-state index in [9.17, 15) is 4.79 Å². The molecule has 2 heterocycles. The van der Waals surface area contributed by atoms with Crippen molar-refractivity contribution in [3.8, 4) is 0 Å². The van der Waals surface area contributed by atoms with Gasteiger partial charge in [-0.1, -0.05) is 0 Å². The molecule has 1 aliphatic rings. The molecule has 70 valence electrons. The summed E-state index contributed by atoms with van der Waals surface area (Å²) in [7, 11) is 0. The number of nitrogens with zero attached hydrogens (tertiary/aromatic N) is 2. The first-order valence-corrected chi connectivity index (χ1v) is 4.23. The van der Waals surface area contributed by atoms with Gasteiger partial charge in [-0.15, -0.1) is 0 Å². The van der Waals surface area contributed by atoms with Crippen LogP contribution < -0.4 is 5.73 Å². The molecule has 1 atom stereocenters. The van der Waals surface area contributed by atoms with Gasteiger partial charge in [0.05, 0.1) is 5.69 Å². The normalized spacial score (nSPS) is 17.0. The molecule has 0 amide bonds. The van der Waals surface area contributed by atoms with E-state index < -0.39 is 12.0 Å². The molecule has 0 aromatic carbocycles. The zero-order valence-corrected chi connectivity index (χ0v) is 7.10. The molecule has 1 unspecified atom stereocenters. The Bertz CT molecular complexity index is 324. The van der Waals surface area contributed by atoms with E-state index in [4.69, 9.17) is 10.8 Å². The summed E-state index contributed by atoms with van der Waals surface area (Å²) in [6.45, 7) is 0.877. The maximum atomic E-state index is 10.6. The lowest BCUT2D eigenvalue weighted by Crippen LogP contribution is -2.21. The molecule has 0 saturated heterocycles. The molecule has 5 nitrogen and oxygen atoms in total. The number of carbonyl (C=O) groups is 1. The Kier molecular flexibility index (Phi) is 1.81. The van der Waals surface area contributed by atoms with Crippen LogP contribution in [0.3, 0.4) is 0 Å². The predicted octanol–water partition coefficient (Wildman–Crippen LogP) is -0.0863. The van der Waals surface area contributed by atoms with Crippen LogP contribution in [0.4, 0.5) is 0 Å². The Morgan fingerprint density at radius 3 is 3.15 bits per heavy atom. The zero-order valence-electron chi connectivity index (χ0n) is 7.10. The number of carboxylic acids is 1. The summed E-state index contributed by atoms with van der Waals surface area (Å²) in [6.07, 6.45) is 2.06. The molecule has 1 aromatic rings. The Balaban J connectivity index is 2.28. The van der Waals surface area contributed by atoms with Crippen molar-refractivity contribution in [2.24, 2.45) is 5.73 Å². The summed E-state index contributed by atoms with van der Waals surface area (Å²) in [4.78, 5) is 10.6. The molecule has 3 N–H and O–H groups in total. The topological polar surface area (TPSA) is 81.1 Å².